The standard InChI is InChI=1S/C15H15BrCl2N2/c1-9-5-6-10(7-12(9)16)14(20-19)8-11-3-2-4-13(17)15(11)18/h2-7,14,20H,8,19H2,1H3. The van der Waals surface area contributed by atoms with Crippen molar-refractivity contribution in [3.63, 3.8) is 0 Å². The van der Waals surface area contributed by atoms with Gasteiger partial charge < -0.3 is 0 Å². The van der Waals surface area contributed by atoms with E-state index in [1.165, 1.54) is 5.56 Å². The molecule has 20 heavy (non-hydrogen) atoms. The molecule has 5 heteroatoms. The lowest BCUT2D eigenvalue weighted by Gasteiger charge is -2.18. The Labute approximate surface area is 137 Å². The minimum atomic E-state index is -0.0251. The Hall–Kier alpha value is -0.580. The number of hydrazine groups is 1. The maximum absolute atomic E-state index is 6.23. The van der Waals surface area contributed by atoms with Crippen LogP contribution in [0.2, 0.25) is 10.0 Å². The molecule has 2 nitrogen and oxygen atoms in total. The summed E-state index contributed by atoms with van der Waals surface area (Å²) in [7, 11) is 0. The Morgan fingerprint density at radius 2 is 2.00 bits per heavy atom. The van der Waals surface area contributed by atoms with Crippen molar-refractivity contribution in [2.75, 3.05) is 0 Å². The zero-order valence-electron chi connectivity index (χ0n) is 11.0. The van der Waals surface area contributed by atoms with Crippen LogP contribution in [0.5, 0.6) is 0 Å². The van der Waals surface area contributed by atoms with E-state index in [2.05, 4.69) is 39.6 Å². The maximum Gasteiger partial charge on any atom is 0.0624 e. The quantitative estimate of drug-likeness (QED) is 0.596. The van der Waals surface area contributed by atoms with Crippen molar-refractivity contribution in [3.05, 3.63) is 67.6 Å². The van der Waals surface area contributed by atoms with Gasteiger partial charge in [-0.15, -0.1) is 0 Å². The van der Waals surface area contributed by atoms with Crippen molar-refractivity contribution in [2.24, 2.45) is 5.84 Å². The fourth-order valence-corrected chi connectivity index (χ4v) is 2.82. The van der Waals surface area contributed by atoms with Gasteiger partial charge in [0.05, 0.1) is 16.1 Å². The van der Waals surface area contributed by atoms with E-state index in [-0.39, 0.29) is 6.04 Å². The Balaban J connectivity index is 2.28. The smallest absolute Gasteiger partial charge is 0.0624 e. The monoisotopic (exact) mass is 372 g/mol. The van der Waals surface area contributed by atoms with Gasteiger partial charge in [-0.3, -0.25) is 11.3 Å². The summed E-state index contributed by atoms with van der Waals surface area (Å²) in [6.07, 6.45) is 0.672. The number of halogens is 3. The van der Waals surface area contributed by atoms with Crippen LogP contribution in [-0.2, 0) is 6.42 Å². The van der Waals surface area contributed by atoms with E-state index in [1.54, 1.807) is 6.07 Å². The van der Waals surface area contributed by atoms with Crippen LogP contribution in [-0.4, -0.2) is 0 Å². The highest BCUT2D eigenvalue weighted by atomic mass is 79.9. The molecule has 1 atom stereocenters. The molecule has 2 rings (SSSR count). The number of hydrogen-bond donors (Lipinski definition) is 2. The molecule has 3 N–H and O–H groups in total. The molecule has 0 radical (unpaired) electrons. The van der Waals surface area contributed by atoms with Crippen molar-refractivity contribution in [3.8, 4) is 0 Å². The van der Waals surface area contributed by atoms with E-state index >= 15 is 0 Å². The molecule has 2 aromatic rings. The average molecular weight is 374 g/mol. The van der Waals surface area contributed by atoms with E-state index < -0.39 is 0 Å². The lowest BCUT2D eigenvalue weighted by molar-refractivity contribution is 0.551. The molecule has 0 heterocycles. The third kappa shape index (κ3) is 3.54. The van der Waals surface area contributed by atoms with Gasteiger partial charge in [-0.2, -0.15) is 0 Å². The fourth-order valence-electron chi connectivity index (χ4n) is 2.02. The molecule has 0 aliphatic heterocycles. The molecule has 0 fully saturated rings. The van der Waals surface area contributed by atoms with Crippen molar-refractivity contribution >= 4 is 39.1 Å². The fraction of sp³-hybridized carbons (Fsp3) is 0.200. The van der Waals surface area contributed by atoms with Gasteiger partial charge in [0.2, 0.25) is 0 Å². The van der Waals surface area contributed by atoms with E-state index in [0.29, 0.717) is 16.5 Å². The van der Waals surface area contributed by atoms with Crippen molar-refractivity contribution in [1.82, 2.24) is 5.43 Å². The topological polar surface area (TPSA) is 38.0 Å². The molecule has 0 amide bonds. The molecule has 0 spiro atoms. The Morgan fingerprint density at radius 3 is 2.65 bits per heavy atom. The Morgan fingerprint density at radius 1 is 1.25 bits per heavy atom. The van der Waals surface area contributed by atoms with Gasteiger partial charge in [-0.05, 0) is 42.2 Å². The van der Waals surface area contributed by atoms with Crippen LogP contribution in [0.25, 0.3) is 0 Å². The first-order chi connectivity index (χ1) is 9.52. The summed E-state index contributed by atoms with van der Waals surface area (Å²) in [6, 6.07) is 11.8. The summed E-state index contributed by atoms with van der Waals surface area (Å²) in [5.41, 5.74) is 6.09. The van der Waals surface area contributed by atoms with Gasteiger partial charge in [-0.1, -0.05) is 63.4 Å². The summed E-state index contributed by atoms with van der Waals surface area (Å²) < 4.78 is 1.06. The second-order valence-electron chi connectivity index (χ2n) is 4.64. The molecule has 0 aliphatic carbocycles. The van der Waals surface area contributed by atoms with Crippen molar-refractivity contribution < 1.29 is 0 Å². The zero-order chi connectivity index (χ0) is 14.7. The molecular weight excluding hydrogens is 359 g/mol. The van der Waals surface area contributed by atoms with Gasteiger partial charge in [0, 0.05) is 4.47 Å². The number of rotatable bonds is 4. The molecule has 0 aromatic heterocycles. The van der Waals surface area contributed by atoms with Crippen LogP contribution in [0.1, 0.15) is 22.7 Å². The molecule has 0 bridgehead atoms. The van der Waals surface area contributed by atoms with Gasteiger partial charge in [0.25, 0.3) is 0 Å². The molecule has 1 unspecified atom stereocenters. The van der Waals surface area contributed by atoms with E-state index in [4.69, 9.17) is 29.0 Å². The molecule has 106 valence electrons. The van der Waals surface area contributed by atoms with E-state index in [0.717, 1.165) is 15.6 Å². The summed E-state index contributed by atoms with van der Waals surface area (Å²) >= 11 is 15.8. The normalized spacial score (nSPS) is 12.4. The molecular formula is C15H15BrCl2N2. The molecule has 0 aliphatic rings. The summed E-state index contributed by atoms with van der Waals surface area (Å²) in [4.78, 5) is 0. The third-order valence-electron chi connectivity index (χ3n) is 3.26. The highest BCUT2D eigenvalue weighted by Crippen LogP contribution is 2.30. The largest absolute Gasteiger partial charge is 0.271 e. The predicted octanol–water partition coefficient (Wildman–Crippen LogP) is 4.81. The number of aryl methyl sites for hydroxylation is 1. The molecule has 0 saturated heterocycles. The van der Waals surface area contributed by atoms with Crippen LogP contribution >= 0.6 is 39.1 Å². The highest BCUT2D eigenvalue weighted by Gasteiger charge is 2.14. The zero-order valence-corrected chi connectivity index (χ0v) is 14.1. The first-order valence-electron chi connectivity index (χ1n) is 6.18. The van der Waals surface area contributed by atoms with Crippen LogP contribution in [0, 0.1) is 6.92 Å². The molecule has 0 saturated carbocycles. The number of nitrogens with one attached hydrogen (secondary N) is 1. The van der Waals surface area contributed by atoms with Crippen LogP contribution in [0.4, 0.5) is 0 Å². The minimum absolute atomic E-state index is 0.0251. The summed E-state index contributed by atoms with van der Waals surface area (Å²) in [6.45, 7) is 2.05. The highest BCUT2D eigenvalue weighted by molar-refractivity contribution is 9.10. The SMILES string of the molecule is Cc1ccc(C(Cc2cccc(Cl)c2Cl)NN)cc1Br. The second-order valence-corrected chi connectivity index (χ2v) is 6.28. The lowest BCUT2D eigenvalue weighted by Crippen LogP contribution is -2.29. The second kappa shape index (κ2) is 6.92. The van der Waals surface area contributed by atoms with Crippen LogP contribution in [0.3, 0.4) is 0 Å². The van der Waals surface area contributed by atoms with Crippen molar-refractivity contribution in [1.29, 1.82) is 0 Å². The van der Waals surface area contributed by atoms with Gasteiger partial charge in [0.15, 0.2) is 0 Å². The minimum Gasteiger partial charge on any atom is -0.271 e. The van der Waals surface area contributed by atoms with Crippen LogP contribution in [0.15, 0.2) is 40.9 Å². The summed E-state index contributed by atoms with van der Waals surface area (Å²) in [5.74, 6) is 5.69. The first-order valence-corrected chi connectivity index (χ1v) is 7.73. The average Bonchev–Trinajstić information content (AvgIpc) is 2.44. The number of nitrogens with two attached hydrogens (primary N) is 1. The van der Waals surface area contributed by atoms with Gasteiger partial charge >= 0.3 is 0 Å². The Bertz CT molecular complexity index is 617. The van der Waals surface area contributed by atoms with Gasteiger partial charge in [0.1, 0.15) is 0 Å². The first kappa shape index (κ1) is 15.8. The summed E-state index contributed by atoms with van der Waals surface area (Å²) in [5, 5.41) is 1.14. The van der Waals surface area contributed by atoms with Gasteiger partial charge in [-0.25, -0.2) is 0 Å². The van der Waals surface area contributed by atoms with E-state index in [1.807, 2.05) is 19.1 Å². The molecule has 2 aromatic carbocycles. The lowest BCUT2D eigenvalue weighted by atomic mass is 9.98. The maximum atomic E-state index is 6.23. The number of hydrogen-bond acceptors (Lipinski definition) is 2. The Kier molecular flexibility index (Phi) is 5.47. The van der Waals surface area contributed by atoms with E-state index in [9.17, 15) is 0 Å². The van der Waals surface area contributed by atoms with Crippen LogP contribution < -0.4 is 11.3 Å². The van der Waals surface area contributed by atoms with Crippen molar-refractivity contribution in [2.45, 2.75) is 19.4 Å². The number of benzene rings is 2. The third-order valence-corrected chi connectivity index (χ3v) is 4.97. The predicted molar refractivity (Wildman–Crippen MR) is 89.1 cm³/mol.